The van der Waals surface area contributed by atoms with Gasteiger partial charge in [-0.05, 0) is 42.7 Å². The number of carbonyl (C=O) groups excluding carboxylic acids is 2. The Kier molecular flexibility index (Phi) is 5.96. The Bertz CT molecular complexity index is 1090. The maximum atomic E-state index is 13.0. The lowest BCUT2D eigenvalue weighted by Gasteiger charge is -2.33. The number of imide groups is 1. The van der Waals surface area contributed by atoms with Crippen molar-refractivity contribution in [2.45, 2.75) is 37.8 Å². The van der Waals surface area contributed by atoms with Gasteiger partial charge in [0.25, 0.3) is 5.91 Å². The van der Waals surface area contributed by atoms with E-state index >= 15 is 0 Å². The molecule has 164 valence electrons. The highest BCUT2D eigenvalue weighted by Crippen LogP contribution is 2.20. The molecule has 0 bridgehead atoms. The third-order valence-corrected chi connectivity index (χ3v) is 8.30. The molecular weight excluding hydrogens is 414 g/mol. The molecule has 0 saturated carbocycles. The van der Waals surface area contributed by atoms with Crippen molar-refractivity contribution in [1.82, 2.24) is 9.21 Å². The predicted octanol–water partition coefficient (Wildman–Crippen LogP) is 0.520. The zero-order chi connectivity index (χ0) is 22.2. The Labute approximate surface area is 183 Å². The van der Waals surface area contributed by atoms with Crippen molar-refractivity contribution in [3.63, 3.8) is 0 Å². The number of quaternary nitrogens is 1. The normalized spacial score (nSPS) is 21.1. The monoisotopic (exact) mass is 442 g/mol. The van der Waals surface area contributed by atoms with Crippen molar-refractivity contribution in [2.24, 2.45) is 0 Å². The van der Waals surface area contributed by atoms with Crippen molar-refractivity contribution in [2.75, 3.05) is 26.2 Å². The van der Waals surface area contributed by atoms with E-state index in [1.165, 1.54) is 9.21 Å². The minimum atomic E-state index is -3.57. The van der Waals surface area contributed by atoms with Gasteiger partial charge in [0.15, 0.2) is 6.04 Å². The number of amides is 2. The Morgan fingerprint density at radius 3 is 2.29 bits per heavy atom. The summed E-state index contributed by atoms with van der Waals surface area (Å²) < 4.78 is 27.6. The number of hydrogen-bond acceptors (Lipinski definition) is 4. The SMILES string of the molecule is Cc1ccc(S(=O)(=O)N2CC[NH+]([C@@H]3CC(=O)N(Cc4ccccc4)C3=O)CC2)cc1C. The van der Waals surface area contributed by atoms with Gasteiger partial charge in [0, 0.05) is 0 Å². The van der Waals surface area contributed by atoms with Gasteiger partial charge in [-0.3, -0.25) is 14.5 Å². The molecule has 2 aromatic rings. The highest BCUT2D eigenvalue weighted by Gasteiger charge is 2.46. The van der Waals surface area contributed by atoms with E-state index in [1.807, 2.05) is 50.2 Å². The fourth-order valence-corrected chi connectivity index (χ4v) is 5.85. The number of hydrogen-bond donors (Lipinski definition) is 1. The van der Waals surface area contributed by atoms with Crippen molar-refractivity contribution in [1.29, 1.82) is 0 Å². The standard InChI is InChI=1S/C23H27N3O4S/c1-17-8-9-20(14-18(17)2)31(29,30)25-12-10-24(11-13-25)21-15-22(27)26(23(21)28)16-19-6-4-3-5-7-19/h3-9,14,21H,10-13,15-16H2,1-2H3/p+1/t21-/m1/s1. The van der Waals surface area contributed by atoms with Crippen LogP contribution in [-0.4, -0.2) is 61.7 Å². The van der Waals surface area contributed by atoms with Crippen LogP contribution in [0.3, 0.4) is 0 Å². The largest absolute Gasteiger partial charge is 0.322 e. The molecule has 2 aromatic carbocycles. The number of nitrogens with one attached hydrogen (secondary N) is 1. The quantitative estimate of drug-likeness (QED) is 0.685. The first-order valence-electron chi connectivity index (χ1n) is 10.6. The molecule has 31 heavy (non-hydrogen) atoms. The Hall–Kier alpha value is -2.55. The van der Waals surface area contributed by atoms with Crippen LogP contribution in [0.2, 0.25) is 0 Å². The van der Waals surface area contributed by atoms with Gasteiger partial charge < -0.3 is 4.90 Å². The number of rotatable bonds is 5. The van der Waals surface area contributed by atoms with Crippen LogP contribution in [0.4, 0.5) is 0 Å². The second-order valence-corrected chi connectivity index (χ2v) is 10.3. The number of likely N-dealkylation sites (tertiary alicyclic amines) is 1. The van der Waals surface area contributed by atoms with Crippen LogP contribution in [0.5, 0.6) is 0 Å². The minimum Gasteiger partial charge on any atom is -0.322 e. The van der Waals surface area contributed by atoms with Gasteiger partial charge in [-0.15, -0.1) is 0 Å². The molecule has 0 aromatic heterocycles. The smallest absolute Gasteiger partial charge is 0.288 e. The summed E-state index contributed by atoms with van der Waals surface area (Å²) in [5.74, 6) is -0.314. The van der Waals surface area contributed by atoms with E-state index in [9.17, 15) is 18.0 Å². The van der Waals surface area contributed by atoms with E-state index in [0.29, 0.717) is 31.1 Å². The number of sulfonamides is 1. The van der Waals surface area contributed by atoms with Gasteiger partial charge in [-0.25, -0.2) is 8.42 Å². The van der Waals surface area contributed by atoms with Crippen LogP contribution < -0.4 is 4.90 Å². The predicted molar refractivity (Wildman–Crippen MR) is 116 cm³/mol. The minimum absolute atomic E-state index is 0.156. The number of piperazine rings is 1. The molecule has 7 nitrogen and oxygen atoms in total. The summed E-state index contributed by atoms with van der Waals surface area (Å²) in [7, 11) is -3.57. The molecule has 2 amide bonds. The molecule has 2 fully saturated rings. The zero-order valence-electron chi connectivity index (χ0n) is 17.9. The molecule has 4 rings (SSSR count). The van der Waals surface area contributed by atoms with Crippen molar-refractivity contribution in [3.05, 3.63) is 65.2 Å². The summed E-state index contributed by atoms with van der Waals surface area (Å²) in [5.41, 5.74) is 2.92. The van der Waals surface area contributed by atoms with E-state index in [0.717, 1.165) is 21.6 Å². The van der Waals surface area contributed by atoms with E-state index in [4.69, 9.17) is 0 Å². The van der Waals surface area contributed by atoms with Gasteiger partial charge in [0.2, 0.25) is 15.9 Å². The molecule has 1 atom stereocenters. The van der Waals surface area contributed by atoms with Crippen LogP contribution >= 0.6 is 0 Å². The highest BCUT2D eigenvalue weighted by atomic mass is 32.2. The molecule has 0 radical (unpaired) electrons. The summed E-state index contributed by atoms with van der Waals surface area (Å²) in [6.07, 6.45) is 0.185. The van der Waals surface area contributed by atoms with E-state index in [1.54, 1.807) is 12.1 Å². The van der Waals surface area contributed by atoms with Gasteiger partial charge in [0.05, 0.1) is 44.0 Å². The van der Waals surface area contributed by atoms with Gasteiger partial charge in [0.1, 0.15) is 0 Å². The molecule has 8 heteroatoms. The van der Waals surface area contributed by atoms with E-state index in [2.05, 4.69) is 0 Å². The molecule has 1 N–H and O–H groups in total. The van der Waals surface area contributed by atoms with Crippen molar-refractivity contribution in [3.8, 4) is 0 Å². The first kappa shape index (κ1) is 21.7. The van der Waals surface area contributed by atoms with Gasteiger partial charge in [-0.1, -0.05) is 36.4 Å². The zero-order valence-corrected chi connectivity index (χ0v) is 18.7. The molecule has 0 spiro atoms. The average Bonchev–Trinajstić information content (AvgIpc) is 3.04. The van der Waals surface area contributed by atoms with Crippen molar-refractivity contribution < 1.29 is 22.9 Å². The second kappa shape index (κ2) is 8.53. The van der Waals surface area contributed by atoms with Crippen LogP contribution in [0.1, 0.15) is 23.1 Å². The third kappa shape index (κ3) is 4.28. The van der Waals surface area contributed by atoms with Gasteiger partial charge in [-0.2, -0.15) is 4.31 Å². The third-order valence-electron chi connectivity index (χ3n) is 6.40. The highest BCUT2D eigenvalue weighted by molar-refractivity contribution is 7.89. The topological polar surface area (TPSA) is 79.2 Å². The number of benzene rings is 2. The van der Waals surface area contributed by atoms with Gasteiger partial charge >= 0.3 is 0 Å². The lowest BCUT2D eigenvalue weighted by atomic mass is 10.1. The van der Waals surface area contributed by atoms with Crippen LogP contribution in [0.25, 0.3) is 0 Å². The molecule has 2 aliphatic rings. The fourth-order valence-electron chi connectivity index (χ4n) is 4.32. The lowest BCUT2D eigenvalue weighted by Crippen LogP contribution is -3.19. The Balaban J connectivity index is 1.41. The molecule has 2 saturated heterocycles. The Morgan fingerprint density at radius 2 is 1.65 bits per heavy atom. The number of nitrogens with zero attached hydrogens (tertiary/aromatic N) is 2. The second-order valence-electron chi connectivity index (χ2n) is 8.37. The summed E-state index contributed by atoms with van der Waals surface area (Å²) in [5, 5.41) is 0. The molecule has 2 aliphatic heterocycles. The Morgan fingerprint density at radius 1 is 0.968 bits per heavy atom. The first-order valence-corrected chi connectivity index (χ1v) is 12.0. The van der Waals surface area contributed by atoms with Crippen LogP contribution in [0.15, 0.2) is 53.4 Å². The van der Waals surface area contributed by atoms with Crippen LogP contribution in [-0.2, 0) is 26.2 Å². The summed E-state index contributed by atoms with van der Waals surface area (Å²) in [6, 6.07) is 14.2. The van der Waals surface area contributed by atoms with E-state index < -0.39 is 16.1 Å². The van der Waals surface area contributed by atoms with Crippen molar-refractivity contribution >= 4 is 21.8 Å². The average molecular weight is 443 g/mol. The molecule has 0 aliphatic carbocycles. The lowest BCUT2D eigenvalue weighted by molar-refractivity contribution is -0.918. The molecular formula is C23H28N3O4S+. The first-order chi connectivity index (χ1) is 14.8. The molecule has 2 heterocycles. The van der Waals surface area contributed by atoms with E-state index in [-0.39, 0.29) is 24.8 Å². The maximum Gasteiger partial charge on any atom is 0.288 e. The fraction of sp³-hybridized carbons (Fsp3) is 0.391. The van der Waals surface area contributed by atoms with Crippen LogP contribution in [0, 0.1) is 13.8 Å². The number of aryl methyl sites for hydroxylation is 2. The maximum absolute atomic E-state index is 13.0. The summed E-state index contributed by atoms with van der Waals surface area (Å²) >= 11 is 0. The summed E-state index contributed by atoms with van der Waals surface area (Å²) in [6.45, 7) is 5.83. The molecule has 0 unspecified atom stereocenters. The number of carbonyl (C=O) groups is 2. The summed E-state index contributed by atoms with van der Waals surface area (Å²) in [4.78, 5) is 28.1.